The molecule has 0 aliphatic rings. The zero-order valence-electron chi connectivity index (χ0n) is 14.4. The lowest BCUT2D eigenvalue weighted by Gasteiger charge is -2.07. The van der Waals surface area contributed by atoms with Crippen molar-refractivity contribution in [3.8, 4) is 11.4 Å². The summed E-state index contributed by atoms with van der Waals surface area (Å²) in [6.07, 6.45) is 1.64. The Morgan fingerprint density at radius 1 is 1.20 bits per heavy atom. The lowest BCUT2D eigenvalue weighted by molar-refractivity contribution is -0.113. The Bertz CT molecular complexity index is 868. The number of aromatic nitrogens is 3. The minimum Gasteiger partial charge on any atom is -0.469 e. The number of thioether (sulfide) groups is 1. The van der Waals surface area contributed by atoms with E-state index < -0.39 is 0 Å². The number of carbonyl (C=O) groups excluding carboxylic acids is 1. The van der Waals surface area contributed by atoms with Gasteiger partial charge in [-0.05, 0) is 39.0 Å². The number of hydrogen-bond acceptors (Lipinski definition) is 5. The van der Waals surface area contributed by atoms with Gasteiger partial charge in [0.05, 0.1) is 17.6 Å². The van der Waals surface area contributed by atoms with Crippen LogP contribution >= 0.6 is 11.8 Å². The topological polar surface area (TPSA) is 73.0 Å². The maximum absolute atomic E-state index is 12.2. The molecule has 0 aliphatic carbocycles. The Morgan fingerprint density at radius 3 is 2.60 bits per heavy atom. The van der Waals surface area contributed by atoms with Gasteiger partial charge in [-0.3, -0.25) is 4.79 Å². The third-order valence-corrected chi connectivity index (χ3v) is 4.77. The smallest absolute Gasteiger partial charge is 0.234 e. The number of carbonyl (C=O) groups is 1. The first-order chi connectivity index (χ1) is 12.1. The number of amides is 1. The summed E-state index contributed by atoms with van der Waals surface area (Å²) < 4.78 is 7.34. The van der Waals surface area contributed by atoms with E-state index in [-0.39, 0.29) is 11.7 Å². The number of nitrogens with one attached hydrogen (secondary N) is 1. The Morgan fingerprint density at radius 2 is 1.96 bits per heavy atom. The number of nitrogens with zero attached hydrogens (tertiary/aromatic N) is 3. The van der Waals surface area contributed by atoms with E-state index in [0.717, 1.165) is 40.1 Å². The monoisotopic (exact) mass is 356 g/mol. The van der Waals surface area contributed by atoms with E-state index in [4.69, 9.17) is 4.42 Å². The zero-order chi connectivity index (χ0) is 17.8. The van der Waals surface area contributed by atoms with Crippen LogP contribution in [0.4, 0.5) is 5.69 Å². The van der Waals surface area contributed by atoms with Gasteiger partial charge in [0, 0.05) is 12.2 Å². The van der Waals surface area contributed by atoms with Crippen molar-refractivity contribution >= 4 is 23.4 Å². The third-order valence-electron chi connectivity index (χ3n) is 3.80. The van der Waals surface area contributed by atoms with Crippen molar-refractivity contribution in [2.75, 3.05) is 11.1 Å². The van der Waals surface area contributed by atoms with E-state index in [1.807, 2.05) is 55.7 Å². The number of furan rings is 1. The first-order valence-electron chi connectivity index (χ1n) is 8.05. The van der Waals surface area contributed by atoms with Gasteiger partial charge in [-0.15, -0.1) is 10.2 Å². The van der Waals surface area contributed by atoms with Gasteiger partial charge in [0.2, 0.25) is 5.91 Å². The van der Waals surface area contributed by atoms with Crippen molar-refractivity contribution in [2.24, 2.45) is 0 Å². The highest BCUT2D eigenvalue weighted by molar-refractivity contribution is 7.99. The standard InChI is InChI=1S/C18H20N4O2S/c1-4-22-17(15-9-10-24-13(15)3)20-21-18(22)25-11-16(23)19-14-7-5-12(2)6-8-14/h5-10H,4,11H2,1-3H3,(H,19,23). The largest absolute Gasteiger partial charge is 0.469 e. The maximum Gasteiger partial charge on any atom is 0.234 e. The number of hydrogen-bond donors (Lipinski definition) is 1. The summed E-state index contributed by atoms with van der Waals surface area (Å²) in [6.45, 7) is 6.65. The van der Waals surface area contributed by atoms with E-state index in [1.54, 1.807) is 6.26 Å². The van der Waals surface area contributed by atoms with Crippen LogP contribution in [0.25, 0.3) is 11.4 Å². The van der Waals surface area contributed by atoms with E-state index in [0.29, 0.717) is 0 Å². The number of rotatable bonds is 6. The molecule has 1 aromatic carbocycles. The molecule has 1 amide bonds. The zero-order valence-corrected chi connectivity index (χ0v) is 15.3. The van der Waals surface area contributed by atoms with Crippen molar-refractivity contribution in [3.05, 3.63) is 47.9 Å². The van der Waals surface area contributed by atoms with Gasteiger partial charge < -0.3 is 14.3 Å². The summed E-state index contributed by atoms with van der Waals surface area (Å²) in [4.78, 5) is 12.2. The summed E-state index contributed by atoms with van der Waals surface area (Å²) in [6, 6.07) is 9.61. The molecule has 0 atom stereocenters. The molecule has 130 valence electrons. The molecular formula is C18H20N4O2S. The molecule has 3 rings (SSSR count). The molecule has 2 aromatic heterocycles. The van der Waals surface area contributed by atoms with Crippen molar-refractivity contribution in [1.82, 2.24) is 14.8 Å². The highest BCUT2D eigenvalue weighted by Gasteiger charge is 2.17. The Balaban J connectivity index is 1.67. The molecule has 7 heteroatoms. The van der Waals surface area contributed by atoms with Crippen LogP contribution in [0.5, 0.6) is 0 Å². The van der Waals surface area contributed by atoms with E-state index in [2.05, 4.69) is 15.5 Å². The first kappa shape index (κ1) is 17.3. The molecule has 2 heterocycles. The van der Waals surface area contributed by atoms with Gasteiger partial charge in [-0.25, -0.2) is 0 Å². The number of benzene rings is 1. The van der Waals surface area contributed by atoms with Crippen LogP contribution in [0.1, 0.15) is 18.2 Å². The Labute approximate surface area is 150 Å². The Kier molecular flexibility index (Phi) is 5.23. The fourth-order valence-corrected chi connectivity index (χ4v) is 3.26. The molecule has 0 bridgehead atoms. The molecule has 0 radical (unpaired) electrons. The molecule has 0 saturated heterocycles. The van der Waals surface area contributed by atoms with Gasteiger partial charge in [0.15, 0.2) is 11.0 Å². The predicted molar refractivity (Wildman–Crippen MR) is 98.7 cm³/mol. The van der Waals surface area contributed by atoms with Crippen LogP contribution in [0, 0.1) is 13.8 Å². The van der Waals surface area contributed by atoms with Gasteiger partial charge in [0.1, 0.15) is 5.76 Å². The summed E-state index contributed by atoms with van der Waals surface area (Å²) >= 11 is 1.37. The molecule has 0 saturated carbocycles. The van der Waals surface area contributed by atoms with Crippen molar-refractivity contribution in [2.45, 2.75) is 32.5 Å². The van der Waals surface area contributed by atoms with Gasteiger partial charge >= 0.3 is 0 Å². The second-order valence-corrected chi connectivity index (χ2v) is 6.59. The van der Waals surface area contributed by atoms with Crippen LogP contribution in [-0.4, -0.2) is 26.4 Å². The average molecular weight is 356 g/mol. The van der Waals surface area contributed by atoms with Gasteiger partial charge in [0.25, 0.3) is 0 Å². The summed E-state index contributed by atoms with van der Waals surface area (Å²) in [5.74, 6) is 1.77. The van der Waals surface area contributed by atoms with Gasteiger partial charge in [-0.2, -0.15) is 0 Å². The Hall–Kier alpha value is -2.54. The quantitative estimate of drug-likeness (QED) is 0.678. The molecule has 0 spiro atoms. The molecular weight excluding hydrogens is 336 g/mol. The van der Waals surface area contributed by atoms with Crippen molar-refractivity contribution in [1.29, 1.82) is 0 Å². The second kappa shape index (κ2) is 7.57. The fraction of sp³-hybridized carbons (Fsp3) is 0.278. The molecule has 3 aromatic rings. The summed E-state index contributed by atoms with van der Waals surface area (Å²) in [7, 11) is 0. The predicted octanol–water partition coefficient (Wildman–Crippen LogP) is 3.91. The summed E-state index contributed by atoms with van der Waals surface area (Å²) in [5, 5.41) is 12.1. The van der Waals surface area contributed by atoms with E-state index in [1.165, 1.54) is 11.8 Å². The lowest BCUT2D eigenvalue weighted by atomic mass is 10.2. The molecule has 0 aliphatic heterocycles. The number of aryl methyl sites for hydroxylation is 2. The van der Waals surface area contributed by atoms with E-state index >= 15 is 0 Å². The van der Waals surface area contributed by atoms with Gasteiger partial charge in [-0.1, -0.05) is 29.5 Å². The lowest BCUT2D eigenvalue weighted by Crippen LogP contribution is -2.14. The third kappa shape index (κ3) is 3.93. The minimum absolute atomic E-state index is 0.0689. The molecule has 25 heavy (non-hydrogen) atoms. The number of anilines is 1. The van der Waals surface area contributed by atoms with Crippen LogP contribution in [0.15, 0.2) is 46.2 Å². The highest BCUT2D eigenvalue weighted by Crippen LogP contribution is 2.27. The molecule has 0 fully saturated rings. The van der Waals surface area contributed by atoms with Crippen molar-refractivity contribution < 1.29 is 9.21 Å². The average Bonchev–Trinajstić information content (AvgIpc) is 3.20. The minimum atomic E-state index is -0.0689. The van der Waals surface area contributed by atoms with Crippen LogP contribution in [-0.2, 0) is 11.3 Å². The normalized spacial score (nSPS) is 10.8. The molecule has 0 unspecified atom stereocenters. The molecule has 6 nitrogen and oxygen atoms in total. The van der Waals surface area contributed by atoms with Crippen LogP contribution in [0.2, 0.25) is 0 Å². The first-order valence-corrected chi connectivity index (χ1v) is 9.04. The summed E-state index contributed by atoms with van der Waals surface area (Å²) in [5.41, 5.74) is 2.87. The van der Waals surface area contributed by atoms with E-state index in [9.17, 15) is 4.79 Å². The maximum atomic E-state index is 12.2. The molecule has 1 N–H and O–H groups in total. The van der Waals surface area contributed by atoms with Crippen molar-refractivity contribution in [3.63, 3.8) is 0 Å². The highest BCUT2D eigenvalue weighted by atomic mass is 32.2. The van der Waals surface area contributed by atoms with Crippen LogP contribution in [0.3, 0.4) is 0 Å². The second-order valence-electron chi connectivity index (χ2n) is 5.64. The van der Waals surface area contributed by atoms with Crippen LogP contribution < -0.4 is 5.32 Å². The SMILES string of the molecule is CCn1c(SCC(=O)Nc2ccc(C)cc2)nnc1-c1ccoc1C. The fourth-order valence-electron chi connectivity index (χ4n) is 2.46.